The summed E-state index contributed by atoms with van der Waals surface area (Å²) in [5.74, 6) is -0.908. The molecule has 0 saturated heterocycles. The number of carboxylic acid groups (broad SMARTS) is 1. The van der Waals surface area contributed by atoms with Crippen molar-refractivity contribution < 1.29 is 9.90 Å². The molecule has 1 heterocycles. The molecule has 1 unspecified atom stereocenters. The highest BCUT2D eigenvalue weighted by Gasteiger charge is 2.33. The minimum Gasteiger partial charge on any atom is -0.480 e. The van der Waals surface area contributed by atoms with Gasteiger partial charge in [0.1, 0.15) is 0 Å². The van der Waals surface area contributed by atoms with E-state index in [2.05, 4.69) is 20.9 Å². The topological polar surface area (TPSA) is 53.1 Å². The van der Waals surface area contributed by atoms with E-state index in [0.29, 0.717) is 5.69 Å². The Morgan fingerprint density at radius 1 is 1.47 bits per heavy atom. The molecule has 0 spiro atoms. The summed E-state index contributed by atoms with van der Waals surface area (Å²) in [5, 5.41) is 10.1. The molecule has 4 heteroatoms. The molecule has 3 nitrogen and oxygen atoms in total. The molecular weight excluding hydrogens is 258 g/mol. The monoisotopic (exact) mass is 267 g/mol. The predicted molar refractivity (Wildman–Crippen MR) is 62.2 cm³/mol. The van der Waals surface area contributed by atoms with Crippen LogP contribution < -0.4 is 0 Å². The summed E-state index contributed by atoms with van der Waals surface area (Å²) in [6.45, 7) is 1.61. The van der Waals surface area contributed by atoms with Gasteiger partial charge in [0.2, 0.25) is 0 Å². The minimum absolute atomic E-state index is 0.649. The molecule has 15 heavy (non-hydrogen) atoms. The minimum atomic E-state index is -1.06. The Balaban J connectivity index is 2.58. The number of para-hydroxylation sites is 1. The van der Waals surface area contributed by atoms with Gasteiger partial charge in [-0.1, -0.05) is 34.1 Å². The van der Waals surface area contributed by atoms with E-state index >= 15 is 0 Å². The van der Waals surface area contributed by atoms with Crippen LogP contribution >= 0.6 is 15.9 Å². The number of carbonyl (C=O) groups is 1. The molecule has 1 aromatic heterocycles. The number of halogens is 1. The molecule has 1 aromatic carbocycles. The first-order chi connectivity index (χ1) is 7.01. The number of alkyl halides is 1. The first kappa shape index (κ1) is 10.2. The fraction of sp³-hybridized carbons (Fsp3) is 0.182. The average Bonchev–Trinajstić information content (AvgIpc) is 2.61. The van der Waals surface area contributed by atoms with Crippen LogP contribution in [0.1, 0.15) is 12.6 Å². The summed E-state index contributed by atoms with van der Waals surface area (Å²) in [6, 6.07) is 9.55. The van der Waals surface area contributed by atoms with Gasteiger partial charge in [0.15, 0.2) is 4.32 Å². The van der Waals surface area contributed by atoms with E-state index in [1.165, 1.54) is 0 Å². The van der Waals surface area contributed by atoms with Crippen LogP contribution in [0.3, 0.4) is 0 Å². The van der Waals surface area contributed by atoms with Crippen molar-refractivity contribution in [1.29, 1.82) is 0 Å². The highest BCUT2D eigenvalue weighted by Crippen LogP contribution is 2.32. The van der Waals surface area contributed by atoms with Gasteiger partial charge in [-0.25, -0.2) is 0 Å². The van der Waals surface area contributed by atoms with Gasteiger partial charge < -0.3 is 10.1 Å². The number of fused-ring (bicyclic) bond motifs is 1. The van der Waals surface area contributed by atoms with Crippen molar-refractivity contribution in [2.24, 2.45) is 0 Å². The number of aromatic nitrogens is 1. The summed E-state index contributed by atoms with van der Waals surface area (Å²) >= 11 is 3.20. The van der Waals surface area contributed by atoms with Crippen molar-refractivity contribution in [3.8, 4) is 0 Å². The molecule has 0 amide bonds. The Hall–Kier alpha value is -1.29. The first-order valence-corrected chi connectivity index (χ1v) is 5.31. The Morgan fingerprint density at radius 3 is 2.73 bits per heavy atom. The predicted octanol–water partition coefficient (Wildman–Crippen LogP) is 2.86. The van der Waals surface area contributed by atoms with Crippen LogP contribution in [0.2, 0.25) is 0 Å². The van der Waals surface area contributed by atoms with E-state index < -0.39 is 10.3 Å². The second-order valence-corrected chi connectivity index (χ2v) is 5.16. The number of rotatable bonds is 2. The zero-order valence-electron chi connectivity index (χ0n) is 8.12. The number of H-pyrrole nitrogens is 1. The molecule has 0 aliphatic heterocycles. The highest BCUT2D eigenvalue weighted by atomic mass is 79.9. The lowest BCUT2D eigenvalue weighted by Crippen LogP contribution is -2.25. The molecule has 0 radical (unpaired) electrons. The van der Waals surface area contributed by atoms with Crippen LogP contribution in [0.15, 0.2) is 30.3 Å². The summed E-state index contributed by atoms with van der Waals surface area (Å²) in [4.78, 5) is 14.1. The quantitative estimate of drug-likeness (QED) is 0.823. The van der Waals surface area contributed by atoms with Crippen molar-refractivity contribution in [2.45, 2.75) is 11.2 Å². The molecule has 2 N–H and O–H groups in total. The van der Waals surface area contributed by atoms with Crippen molar-refractivity contribution >= 4 is 32.8 Å². The lowest BCUT2D eigenvalue weighted by atomic mass is 10.1. The van der Waals surface area contributed by atoms with Crippen LogP contribution in [0, 0.1) is 0 Å². The summed E-state index contributed by atoms with van der Waals surface area (Å²) in [6.07, 6.45) is 0. The SMILES string of the molecule is CC(Br)(C(=O)O)c1cc2ccccc2[nH]1. The van der Waals surface area contributed by atoms with E-state index in [9.17, 15) is 4.79 Å². The Kier molecular flexibility index (Phi) is 2.31. The third kappa shape index (κ3) is 1.65. The van der Waals surface area contributed by atoms with Gasteiger partial charge in [-0.05, 0) is 24.4 Å². The molecule has 0 bridgehead atoms. The van der Waals surface area contributed by atoms with Gasteiger partial charge in [-0.15, -0.1) is 0 Å². The summed E-state index contributed by atoms with van der Waals surface area (Å²) in [7, 11) is 0. The molecule has 2 rings (SSSR count). The van der Waals surface area contributed by atoms with Crippen LogP contribution in [-0.2, 0) is 9.12 Å². The Bertz CT molecular complexity index is 483. The third-order valence-electron chi connectivity index (χ3n) is 2.44. The van der Waals surface area contributed by atoms with Gasteiger partial charge in [0.25, 0.3) is 0 Å². The fourth-order valence-electron chi connectivity index (χ4n) is 1.44. The van der Waals surface area contributed by atoms with E-state index in [-0.39, 0.29) is 0 Å². The maximum Gasteiger partial charge on any atom is 0.326 e. The number of nitrogens with one attached hydrogen (secondary N) is 1. The van der Waals surface area contributed by atoms with Gasteiger partial charge in [-0.3, -0.25) is 4.79 Å². The fourth-order valence-corrected chi connectivity index (χ4v) is 1.66. The van der Waals surface area contributed by atoms with Crippen molar-refractivity contribution in [3.63, 3.8) is 0 Å². The van der Waals surface area contributed by atoms with Gasteiger partial charge >= 0.3 is 5.97 Å². The largest absolute Gasteiger partial charge is 0.480 e. The smallest absolute Gasteiger partial charge is 0.326 e. The maximum atomic E-state index is 11.0. The second-order valence-electron chi connectivity index (χ2n) is 3.58. The molecule has 1 atom stereocenters. The average molecular weight is 268 g/mol. The first-order valence-electron chi connectivity index (χ1n) is 4.52. The summed E-state index contributed by atoms with van der Waals surface area (Å²) < 4.78 is -1.06. The standard InChI is InChI=1S/C11H10BrNO2/c1-11(12,10(14)15)9-6-7-4-2-3-5-8(7)13-9/h2-6,13H,1H3,(H,14,15). The highest BCUT2D eigenvalue weighted by molar-refractivity contribution is 9.10. The molecule has 2 aromatic rings. The van der Waals surface area contributed by atoms with E-state index in [1.54, 1.807) is 6.92 Å². The van der Waals surface area contributed by atoms with E-state index in [0.717, 1.165) is 10.9 Å². The molecule has 0 saturated carbocycles. The van der Waals surface area contributed by atoms with Crippen molar-refractivity contribution in [2.75, 3.05) is 0 Å². The van der Waals surface area contributed by atoms with Crippen molar-refractivity contribution in [1.82, 2.24) is 4.98 Å². The van der Waals surface area contributed by atoms with E-state index in [1.807, 2.05) is 30.3 Å². The molecule has 0 aliphatic carbocycles. The zero-order chi connectivity index (χ0) is 11.1. The third-order valence-corrected chi connectivity index (χ3v) is 3.20. The molecule has 78 valence electrons. The number of hydrogen-bond donors (Lipinski definition) is 2. The van der Waals surface area contributed by atoms with Crippen molar-refractivity contribution in [3.05, 3.63) is 36.0 Å². The van der Waals surface area contributed by atoms with Gasteiger partial charge in [-0.2, -0.15) is 0 Å². The zero-order valence-corrected chi connectivity index (χ0v) is 9.71. The number of aliphatic carboxylic acids is 1. The van der Waals surface area contributed by atoms with E-state index in [4.69, 9.17) is 5.11 Å². The molecule has 0 fully saturated rings. The lowest BCUT2D eigenvalue weighted by Gasteiger charge is -2.14. The maximum absolute atomic E-state index is 11.0. The Morgan fingerprint density at radius 2 is 2.13 bits per heavy atom. The van der Waals surface area contributed by atoms with Crippen LogP contribution in [0.25, 0.3) is 10.9 Å². The summed E-state index contributed by atoms with van der Waals surface area (Å²) in [5.41, 5.74) is 1.59. The molecule has 0 aliphatic rings. The Labute approximate surface area is 95.2 Å². The molecular formula is C11H10BrNO2. The number of carboxylic acids is 1. The van der Waals surface area contributed by atoms with Crippen LogP contribution in [-0.4, -0.2) is 16.1 Å². The van der Waals surface area contributed by atoms with Gasteiger partial charge in [0, 0.05) is 11.2 Å². The second kappa shape index (κ2) is 3.38. The van der Waals surface area contributed by atoms with Gasteiger partial charge in [0.05, 0.1) is 0 Å². The number of benzene rings is 1. The number of hydrogen-bond acceptors (Lipinski definition) is 1. The normalized spacial score (nSPS) is 15.1. The number of aromatic amines is 1. The van der Waals surface area contributed by atoms with Crippen LogP contribution in [0.4, 0.5) is 0 Å². The lowest BCUT2D eigenvalue weighted by molar-refractivity contribution is -0.139. The van der Waals surface area contributed by atoms with Crippen LogP contribution in [0.5, 0.6) is 0 Å².